The van der Waals surface area contributed by atoms with Crippen LogP contribution < -0.4 is 10.5 Å². The molecule has 0 spiro atoms. The number of nitrogens with zero attached hydrogens (tertiary/aromatic N) is 2. The molecule has 7 nitrogen and oxygen atoms in total. The number of nitrogens with one attached hydrogen (secondary N) is 1. The molecule has 0 atom stereocenters. The first kappa shape index (κ1) is 14.8. The maximum Gasteiger partial charge on any atom is 0.242 e. The highest BCUT2D eigenvalue weighted by molar-refractivity contribution is 7.89. The van der Waals surface area contributed by atoms with E-state index in [0.29, 0.717) is 12.2 Å². The van der Waals surface area contributed by atoms with Crippen LogP contribution in [0, 0.1) is 0 Å². The summed E-state index contributed by atoms with van der Waals surface area (Å²) in [6, 6.07) is 3.21. The summed E-state index contributed by atoms with van der Waals surface area (Å²) in [6.07, 6.45) is 3.91. The molecular weight excluding hydrogens is 280 g/mol. The third-order valence-corrected chi connectivity index (χ3v) is 4.25. The van der Waals surface area contributed by atoms with Crippen molar-refractivity contribution in [3.8, 4) is 0 Å². The van der Waals surface area contributed by atoms with E-state index in [0.717, 1.165) is 18.7 Å². The molecule has 0 amide bonds. The summed E-state index contributed by atoms with van der Waals surface area (Å²) in [4.78, 5) is 0.217. The van der Waals surface area contributed by atoms with Gasteiger partial charge in [0.15, 0.2) is 0 Å². The van der Waals surface area contributed by atoms with Gasteiger partial charge in [-0.25, -0.2) is 13.1 Å². The van der Waals surface area contributed by atoms with Crippen molar-refractivity contribution in [3.05, 3.63) is 36.0 Å². The van der Waals surface area contributed by atoms with E-state index in [1.165, 1.54) is 6.26 Å². The Balaban J connectivity index is 2.16. The topological polar surface area (TPSA) is 103 Å². The molecule has 2 rings (SSSR count). The van der Waals surface area contributed by atoms with E-state index < -0.39 is 10.0 Å². The Kier molecular flexibility index (Phi) is 4.58. The Labute approximate surface area is 117 Å². The van der Waals surface area contributed by atoms with E-state index in [9.17, 15) is 8.42 Å². The van der Waals surface area contributed by atoms with Crippen LogP contribution in [0.25, 0.3) is 0 Å². The van der Waals surface area contributed by atoms with Gasteiger partial charge in [-0.3, -0.25) is 0 Å². The second-order valence-corrected chi connectivity index (χ2v) is 6.15. The predicted octanol–water partition coefficient (Wildman–Crippen LogP) is 0.823. The quantitative estimate of drug-likeness (QED) is 0.788. The number of aryl methyl sites for hydroxylation is 1. The van der Waals surface area contributed by atoms with Crippen LogP contribution in [0.15, 0.2) is 34.0 Å². The van der Waals surface area contributed by atoms with Gasteiger partial charge in [0.1, 0.15) is 6.26 Å². The first-order valence-corrected chi connectivity index (χ1v) is 7.83. The molecule has 0 aliphatic carbocycles. The van der Waals surface area contributed by atoms with Crippen molar-refractivity contribution in [1.82, 2.24) is 14.4 Å². The Hall–Kier alpha value is -1.64. The van der Waals surface area contributed by atoms with Crippen molar-refractivity contribution in [3.63, 3.8) is 0 Å². The third-order valence-electron chi connectivity index (χ3n) is 2.88. The van der Waals surface area contributed by atoms with Crippen molar-refractivity contribution >= 4 is 10.0 Å². The molecule has 2 heterocycles. The minimum absolute atomic E-state index is 0.0930. The molecule has 2 aromatic rings. The van der Waals surface area contributed by atoms with Gasteiger partial charge in [-0.2, -0.15) is 0 Å². The summed E-state index contributed by atoms with van der Waals surface area (Å²) in [5.74, 6) is 0. The lowest BCUT2D eigenvalue weighted by molar-refractivity contribution is 0.411. The van der Waals surface area contributed by atoms with Gasteiger partial charge in [0.2, 0.25) is 10.0 Å². The van der Waals surface area contributed by atoms with E-state index in [1.807, 2.05) is 11.5 Å². The molecule has 8 heteroatoms. The molecule has 20 heavy (non-hydrogen) atoms. The van der Waals surface area contributed by atoms with Crippen molar-refractivity contribution in [2.45, 2.75) is 37.9 Å². The zero-order valence-corrected chi connectivity index (χ0v) is 12.1. The van der Waals surface area contributed by atoms with Gasteiger partial charge in [0, 0.05) is 31.0 Å². The van der Waals surface area contributed by atoms with Gasteiger partial charge in [0.05, 0.1) is 17.1 Å². The number of aromatic nitrogens is 2. The molecule has 2 aromatic heterocycles. The highest BCUT2D eigenvalue weighted by Crippen LogP contribution is 2.15. The largest absolute Gasteiger partial charge is 0.364 e. The summed E-state index contributed by atoms with van der Waals surface area (Å²) < 4.78 is 33.4. The second kappa shape index (κ2) is 6.21. The summed E-state index contributed by atoms with van der Waals surface area (Å²) >= 11 is 0. The van der Waals surface area contributed by atoms with Crippen LogP contribution >= 0.6 is 0 Å². The average molecular weight is 298 g/mol. The van der Waals surface area contributed by atoms with Gasteiger partial charge in [0.25, 0.3) is 0 Å². The standard InChI is InChI=1S/C12H18N4O3S/c1-2-4-16-9-12(6-11(16)7-13)20(17,18)14-8-10-3-5-19-15-10/h3,5-6,9,14H,2,4,7-8,13H2,1H3. The number of hydrogen-bond acceptors (Lipinski definition) is 5. The van der Waals surface area contributed by atoms with E-state index in [4.69, 9.17) is 5.73 Å². The van der Waals surface area contributed by atoms with Gasteiger partial charge in [-0.15, -0.1) is 0 Å². The fourth-order valence-corrected chi connectivity index (χ4v) is 2.94. The molecule has 110 valence electrons. The Morgan fingerprint density at radius 1 is 1.50 bits per heavy atom. The molecular formula is C12H18N4O3S. The van der Waals surface area contributed by atoms with Crippen molar-refractivity contribution in [2.24, 2.45) is 5.73 Å². The first-order valence-electron chi connectivity index (χ1n) is 6.35. The predicted molar refractivity (Wildman–Crippen MR) is 73.1 cm³/mol. The molecule has 0 saturated carbocycles. The normalized spacial score (nSPS) is 11.9. The van der Waals surface area contributed by atoms with Crippen LogP contribution in [0.3, 0.4) is 0 Å². The lowest BCUT2D eigenvalue weighted by Gasteiger charge is -2.04. The maximum absolute atomic E-state index is 12.2. The smallest absolute Gasteiger partial charge is 0.242 e. The van der Waals surface area contributed by atoms with E-state index in [-0.39, 0.29) is 11.4 Å². The summed E-state index contributed by atoms with van der Waals surface area (Å²) in [5.41, 5.74) is 6.96. The van der Waals surface area contributed by atoms with E-state index in [1.54, 1.807) is 18.3 Å². The van der Waals surface area contributed by atoms with Crippen LogP contribution in [0.1, 0.15) is 24.7 Å². The highest BCUT2D eigenvalue weighted by Gasteiger charge is 2.18. The molecule has 0 aromatic carbocycles. The van der Waals surface area contributed by atoms with Crippen LogP contribution in [-0.4, -0.2) is 18.1 Å². The average Bonchev–Trinajstić information content (AvgIpc) is 3.06. The van der Waals surface area contributed by atoms with Gasteiger partial charge in [-0.1, -0.05) is 12.1 Å². The summed E-state index contributed by atoms with van der Waals surface area (Å²) in [5, 5.41) is 3.65. The third kappa shape index (κ3) is 3.27. The Bertz CT molecular complexity index is 646. The van der Waals surface area contributed by atoms with Gasteiger partial charge in [-0.05, 0) is 12.5 Å². The number of rotatable bonds is 7. The minimum Gasteiger partial charge on any atom is -0.364 e. The lowest BCUT2D eigenvalue weighted by Crippen LogP contribution is -2.23. The Morgan fingerprint density at radius 2 is 2.30 bits per heavy atom. The molecule has 0 saturated heterocycles. The van der Waals surface area contributed by atoms with Crippen molar-refractivity contribution < 1.29 is 12.9 Å². The highest BCUT2D eigenvalue weighted by atomic mass is 32.2. The van der Waals surface area contributed by atoms with E-state index >= 15 is 0 Å². The van der Waals surface area contributed by atoms with Crippen LogP contribution in [0.5, 0.6) is 0 Å². The van der Waals surface area contributed by atoms with Gasteiger partial charge < -0.3 is 14.8 Å². The number of hydrogen-bond donors (Lipinski definition) is 2. The molecule has 0 aliphatic rings. The molecule has 3 N–H and O–H groups in total. The van der Waals surface area contributed by atoms with Crippen molar-refractivity contribution in [1.29, 1.82) is 0 Å². The zero-order chi connectivity index (χ0) is 14.6. The SMILES string of the molecule is CCCn1cc(S(=O)(=O)NCc2ccon2)cc1CN. The fraction of sp³-hybridized carbons (Fsp3) is 0.417. The first-order chi connectivity index (χ1) is 9.56. The van der Waals surface area contributed by atoms with E-state index in [2.05, 4.69) is 14.4 Å². The van der Waals surface area contributed by atoms with Crippen molar-refractivity contribution in [2.75, 3.05) is 0 Å². The molecule has 0 radical (unpaired) electrons. The lowest BCUT2D eigenvalue weighted by atomic mass is 10.4. The number of nitrogens with two attached hydrogens (primary N) is 1. The van der Waals surface area contributed by atoms with Crippen LogP contribution in [0.2, 0.25) is 0 Å². The summed E-state index contributed by atoms with van der Waals surface area (Å²) in [7, 11) is -3.57. The van der Waals surface area contributed by atoms with Crippen LogP contribution in [0.4, 0.5) is 0 Å². The molecule has 0 bridgehead atoms. The fourth-order valence-electron chi connectivity index (χ4n) is 1.87. The molecule has 0 aliphatic heterocycles. The molecule has 0 unspecified atom stereocenters. The maximum atomic E-state index is 12.2. The summed E-state index contributed by atoms with van der Waals surface area (Å²) in [6.45, 7) is 3.16. The zero-order valence-electron chi connectivity index (χ0n) is 11.2. The Morgan fingerprint density at radius 3 is 2.90 bits per heavy atom. The molecule has 0 fully saturated rings. The number of sulfonamides is 1. The van der Waals surface area contributed by atoms with Gasteiger partial charge >= 0.3 is 0 Å². The minimum atomic E-state index is -3.57. The second-order valence-electron chi connectivity index (χ2n) is 4.38. The van der Waals surface area contributed by atoms with Crippen LogP contribution in [-0.2, 0) is 29.7 Å². The monoisotopic (exact) mass is 298 g/mol.